The van der Waals surface area contributed by atoms with Gasteiger partial charge in [-0.15, -0.1) is 0 Å². The van der Waals surface area contributed by atoms with Gasteiger partial charge in [-0.3, -0.25) is 0 Å². The van der Waals surface area contributed by atoms with Crippen LogP contribution in [-0.2, 0) is 6.54 Å². The van der Waals surface area contributed by atoms with Gasteiger partial charge in [0.15, 0.2) is 0 Å². The summed E-state index contributed by atoms with van der Waals surface area (Å²) in [4.78, 5) is 17.1. The molecule has 0 bridgehead atoms. The van der Waals surface area contributed by atoms with Crippen LogP contribution in [0.15, 0.2) is 78.9 Å². The van der Waals surface area contributed by atoms with Gasteiger partial charge in [-0.2, -0.15) is 0 Å². The number of nitrogens with zero attached hydrogens (tertiary/aromatic N) is 2. The zero-order valence-electron chi connectivity index (χ0n) is 15.7. The van der Waals surface area contributed by atoms with Crippen molar-refractivity contribution in [3.8, 4) is 11.4 Å². The molecule has 1 aromatic heterocycles. The number of urea groups is 1. The summed E-state index contributed by atoms with van der Waals surface area (Å²) in [6.45, 7) is 3.10. The molecule has 0 saturated heterocycles. The van der Waals surface area contributed by atoms with Crippen molar-refractivity contribution in [3.05, 3.63) is 84.4 Å². The first-order valence-corrected chi connectivity index (χ1v) is 9.33. The minimum Gasteiger partial charge on any atom is -0.336 e. The maximum atomic E-state index is 12.3. The Morgan fingerprint density at radius 2 is 1.64 bits per heavy atom. The van der Waals surface area contributed by atoms with Crippen LogP contribution in [-0.4, -0.2) is 22.1 Å². The van der Waals surface area contributed by atoms with Crippen molar-refractivity contribution in [2.75, 3.05) is 11.9 Å². The number of anilines is 1. The molecule has 5 nitrogen and oxygen atoms in total. The Labute approximate surface area is 164 Å². The number of carbonyl (C=O) groups excluding carboxylic acids is 1. The number of carbonyl (C=O) groups is 1. The molecule has 2 N–H and O–H groups in total. The van der Waals surface area contributed by atoms with Gasteiger partial charge in [-0.05, 0) is 30.7 Å². The highest BCUT2D eigenvalue weighted by Crippen LogP contribution is 2.24. The molecule has 1 heterocycles. The number of aromatic nitrogens is 2. The first kappa shape index (κ1) is 17.8. The number of hydrogen-bond donors (Lipinski definition) is 2. The van der Waals surface area contributed by atoms with Crippen LogP contribution in [0.5, 0.6) is 0 Å². The number of imidazole rings is 1. The van der Waals surface area contributed by atoms with Crippen LogP contribution in [0.2, 0.25) is 0 Å². The Bertz CT molecular complexity index is 1100. The second-order valence-corrected chi connectivity index (χ2v) is 6.64. The Balaban J connectivity index is 1.50. The predicted octanol–water partition coefficient (Wildman–Crippen LogP) is 4.83. The van der Waals surface area contributed by atoms with Gasteiger partial charge >= 0.3 is 6.03 Å². The maximum Gasteiger partial charge on any atom is 0.319 e. The van der Waals surface area contributed by atoms with Gasteiger partial charge in [0.05, 0.1) is 11.0 Å². The number of hydrogen-bond acceptors (Lipinski definition) is 2. The fourth-order valence-electron chi connectivity index (χ4n) is 3.27. The van der Waals surface area contributed by atoms with Crippen molar-refractivity contribution >= 4 is 22.8 Å². The summed E-state index contributed by atoms with van der Waals surface area (Å²) >= 11 is 0. The molecule has 0 saturated carbocycles. The third-order valence-electron chi connectivity index (χ3n) is 4.70. The van der Waals surface area contributed by atoms with Crippen LogP contribution in [0.3, 0.4) is 0 Å². The molecule has 4 aromatic rings. The van der Waals surface area contributed by atoms with Gasteiger partial charge in [-0.25, -0.2) is 9.78 Å². The monoisotopic (exact) mass is 370 g/mol. The van der Waals surface area contributed by atoms with E-state index in [0.717, 1.165) is 33.7 Å². The molecular weight excluding hydrogens is 348 g/mol. The highest BCUT2D eigenvalue weighted by molar-refractivity contribution is 5.90. The average molecular weight is 370 g/mol. The molecule has 140 valence electrons. The van der Waals surface area contributed by atoms with Gasteiger partial charge in [0.25, 0.3) is 0 Å². The lowest BCUT2D eigenvalue weighted by molar-refractivity contribution is 0.251. The number of aryl methyl sites for hydroxylation is 1. The summed E-state index contributed by atoms with van der Waals surface area (Å²) in [6.07, 6.45) is 0. The molecule has 0 unspecified atom stereocenters. The molecule has 0 atom stereocenters. The summed E-state index contributed by atoms with van der Waals surface area (Å²) < 4.78 is 2.15. The molecule has 4 rings (SSSR count). The van der Waals surface area contributed by atoms with Crippen LogP contribution in [0.4, 0.5) is 10.5 Å². The highest BCUT2D eigenvalue weighted by atomic mass is 16.2. The second kappa shape index (κ2) is 7.96. The quantitative estimate of drug-likeness (QED) is 0.528. The van der Waals surface area contributed by atoms with Crippen molar-refractivity contribution in [1.29, 1.82) is 0 Å². The standard InChI is InChI=1S/C23H22N4O/c1-17-9-5-6-12-19(17)26-23(28)24-15-16-27-21-14-8-7-13-20(21)25-22(27)18-10-3-2-4-11-18/h2-14H,15-16H2,1H3,(H2,24,26,28). The molecule has 0 radical (unpaired) electrons. The van der Waals surface area contributed by atoms with E-state index in [1.165, 1.54) is 0 Å². The molecule has 0 spiro atoms. The van der Waals surface area contributed by atoms with Crippen LogP contribution >= 0.6 is 0 Å². The van der Waals surface area contributed by atoms with E-state index in [1.54, 1.807) is 0 Å². The molecule has 0 fully saturated rings. The van der Waals surface area contributed by atoms with E-state index in [-0.39, 0.29) is 6.03 Å². The minimum atomic E-state index is -0.208. The summed E-state index contributed by atoms with van der Waals surface area (Å²) in [5.41, 5.74) is 4.92. The van der Waals surface area contributed by atoms with Crippen molar-refractivity contribution in [2.24, 2.45) is 0 Å². The lowest BCUT2D eigenvalue weighted by Gasteiger charge is -2.12. The van der Waals surface area contributed by atoms with Crippen LogP contribution in [0, 0.1) is 6.92 Å². The SMILES string of the molecule is Cc1ccccc1NC(=O)NCCn1c(-c2ccccc2)nc2ccccc21. The fraction of sp³-hybridized carbons (Fsp3) is 0.130. The zero-order chi connectivity index (χ0) is 19.3. The molecule has 28 heavy (non-hydrogen) atoms. The Morgan fingerprint density at radius 1 is 0.929 bits per heavy atom. The predicted molar refractivity (Wildman–Crippen MR) is 113 cm³/mol. The number of amides is 2. The smallest absolute Gasteiger partial charge is 0.319 e. The summed E-state index contributed by atoms with van der Waals surface area (Å²) in [6, 6.07) is 25.7. The summed E-state index contributed by atoms with van der Waals surface area (Å²) in [7, 11) is 0. The molecule has 2 amide bonds. The highest BCUT2D eigenvalue weighted by Gasteiger charge is 2.12. The average Bonchev–Trinajstić information content (AvgIpc) is 3.09. The largest absolute Gasteiger partial charge is 0.336 e. The Morgan fingerprint density at radius 3 is 2.46 bits per heavy atom. The van der Waals surface area contributed by atoms with E-state index in [2.05, 4.69) is 33.4 Å². The van der Waals surface area contributed by atoms with Gasteiger partial charge < -0.3 is 15.2 Å². The van der Waals surface area contributed by atoms with E-state index in [0.29, 0.717) is 13.1 Å². The molecule has 0 aliphatic carbocycles. The maximum absolute atomic E-state index is 12.3. The van der Waals surface area contributed by atoms with Crippen LogP contribution in [0.25, 0.3) is 22.4 Å². The fourth-order valence-corrected chi connectivity index (χ4v) is 3.27. The van der Waals surface area contributed by atoms with Gasteiger partial charge in [0.2, 0.25) is 0 Å². The third kappa shape index (κ3) is 3.74. The lowest BCUT2D eigenvalue weighted by atomic mass is 10.2. The number of para-hydroxylation sites is 3. The summed E-state index contributed by atoms with van der Waals surface area (Å²) in [5, 5.41) is 5.84. The molecule has 0 aliphatic rings. The van der Waals surface area contributed by atoms with E-state index in [4.69, 9.17) is 4.98 Å². The number of benzene rings is 3. The zero-order valence-corrected chi connectivity index (χ0v) is 15.7. The van der Waals surface area contributed by atoms with Crippen molar-refractivity contribution in [1.82, 2.24) is 14.9 Å². The number of fused-ring (bicyclic) bond motifs is 1. The second-order valence-electron chi connectivity index (χ2n) is 6.64. The Hall–Kier alpha value is -3.60. The third-order valence-corrected chi connectivity index (χ3v) is 4.70. The molecule has 3 aromatic carbocycles. The van der Waals surface area contributed by atoms with Crippen LogP contribution < -0.4 is 10.6 Å². The number of nitrogens with one attached hydrogen (secondary N) is 2. The molecule has 0 aliphatic heterocycles. The van der Waals surface area contributed by atoms with E-state index >= 15 is 0 Å². The first-order chi connectivity index (χ1) is 13.7. The van der Waals surface area contributed by atoms with E-state index < -0.39 is 0 Å². The van der Waals surface area contributed by atoms with E-state index in [1.807, 2.05) is 67.6 Å². The normalized spacial score (nSPS) is 10.8. The van der Waals surface area contributed by atoms with E-state index in [9.17, 15) is 4.79 Å². The van der Waals surface area contributed by atoms with Gasteiger partial charge in [0.1, 0.15) is 5.82 Å². The molecular formula is C23H22N4O. The Kier molecular flexibility index (Phi) is 5.06. The van der Waals surface area contributed by atoms with Gasteiger partial charge in [0, 0.05) is 24.3 Å². The van der Waals surface area contributed by atoms with Crippen molar-refractivity contribution < 1.29 is 4.79 Å². The topological polar surface area (TPSA) is 59.0 Å². The molecule has 5 heteroatoms. The van der Waals surface area contributed by atoms with Crippen molar-refractivity contribution in [2.45, 2.75) is 13.5 Å². The minimum absolute atomic E-state index is 0.208. The van der Waals surface area contributed by atoms with Gasteiger partial charge in [-0.1, -0.05) is 60.7 Å². The summed E-state index contributed by atoms with van der Waals surface area (Å²) in [5.74, 6) is 0.905. The van der Waals surface area contributed by atoms with Crippen LogP contribution in [0.1, 0.15) is 5.56 Å². The number of rotatable bonds is 5. The van der Waals surface area contributed by atoms with Crippen molar-refractivity contribution in [3.63, 3.8) is 0 Å². The lowest BCUT2D eigenvalue weighted by Crippen LogP contribution is -2.31. The first-order valence-electron chi connectivity index (χ1n) is 9.33.